The van der Waals surface area contributed by atoms with Gasteiger partial charge >= 0.3 is 6.15 Å². The Labute approximate surface area is 786 Å². The quantitative estimate of drug-likeness (QED) is 0.0755. The standard InChI is InChI=1S/C45H71FN2O4S.C43H62FN.C8H16ClNO2S.C7H15N.C2H3ClO.CO2.2CH4/c1-30(2)34-14-21-45(47-24-25-48-26-31(3)53(50,51)32(4)27-48)23-22-42(8)36(39(34)45)10-11-38-41(7)17-15-35(40(5,6)37(41)16-18-43(38,42)9)33-12-19-44(28-46,20-13-33)52-29-49;1-29(2)32-17-24-43(45)26-25-40(6)34(37(32)43)13-14-36-39(5)20-18-33(38(3,4)35(39)19-21-41(36,40)7)31-15-22-42(28-44,23-16-31)27-30-11-9-8-10-12-30;1-7-5-10(4-3-9)6-8(2)13(7,11)12;1-6-3-7(2)5-8-4-6;3-1-2-4;2-1-3;;/h12,15,29,31-32,34,36-39,47H,1,10-11,13-14,16-28H2,2-9H3;8-12,15,18,32,34-37H,1,13-14,16-17,19-28,45H2,2-7H3;7-8H,3-6H2,1-2H3;6-8H,3-5H2,1-2H3;2H,1H2;;2*1H4/t31?,32?,34-,36+,37-,38+,39+,41-,42+,43+,44+,45-;32-,34+,35-,36+,37+,39-,40+,41+,42-,43-;;;;;;/m00....../s1. The van der Waals surface area contributed by atoms with Gasteiger partial charge in [0.05, 0.1) is 33.6 Å². The molecule has 16 rings (SSSR count). The fourth-order valence-electron chi connectivity index (χ4n) is 32.2. The maximum Gasteiger partial charge on any atom is 0.373 e. The van der Waals surface area contributed by atoms with Crippen LogP contribution in [-0.4, -0.2) is 167 Å². The molecule has 15 aliphatic rings. The van der Waals surface area contributed by atoms with Gasteiger partial charge in [-0.05, 0) is 357 Å². The first kappa shape index (κ1) is 108. The number of fused-ring (bicyclic) bond motifs is 14. The van der Waals surface area contributed by atoms with Crippen LogP contribution in [0, 0.1) is 120 Å². The number of aldehydes is 1. The molecule has 11 fully saturated rings. The molecular formula is C108H175Cl2F2N5O9S2. The van der Waals surface area contributed by atoms with Gasteiger partial charge in [-0.3, -0.25) is 19.0 Å². The van der Waals surface area contributed by atoms with E-state index in [1.807, 2.05) is 13.8 Å². The van der Waals surface area contributed by atoms with Crippen molar-refractivity contribution >= 4 is 61.8 Å². The number of hydrogen-bond donors (Lipinski definition) is 3. The van der Waals surface area contributed by atoms with Gasteiger partial charge in [0.1, 0.15) is 18.6 Å². The Morgan fingerprint density at radius 3 is 1.43 bits per heavy atom. The SMILES string of the molecule is C.C.C=C(C)[C@@H]1CC[C@]2(N)CC[C@]3(C)[C@H](CC[C@@H]4[C@@]5(C)CC=C(C6=CC[C@@](CF)(Cc7ccccc7)CC6)C(C)(C)[C@@H]5CC[C@]43C)[C@@H]12.C=C(C)[C@@H]1CC[C@]2(NCCN3CC(C)S(=O)(=O)C(C)C3)CC[C@]3(C)[C@H](CC[C@@H]4[C@@]5(C)CC=C(C6=CC[C@@](CF)(OC=O)CC6)C(C)(C)[C@@H]5CC[C@]43C)[C@@H]12.CC1CN(CCCl)CC(C)S1(=O)=O.CC1CNCC(C)C1.O=C=O.O=CCCl. The molecule has 8 saturated carbocycles. The molecule has 128 heavy (non-hydrogen) atoms. The van der Waals surface area contributed by atoms with E-state index in [4.69, 9.17) is 48.1 Å². The monoisotopic (exact) mass is 1860 g/mol. The van der Waals surface area contributed by atoms with E-state index in [1.165, 1.54) is 162 Å². The molecule has 1 aromatic rings. The van der Waals surface area contributed by atoms with Crippen molar-refractivity contribution in [3.63, 3.8) is 0 Å². The number of sulfone groups is 2. The molecule has 14 nitrogen and oxygen atoms in total. The van der Waals surface area contributed by atoms with E-state index in [-0.39, 0.29) is 98.1 Å². The van der Waals surface area contributed by atoms with Crippen molar-refractivity contribution in [1.29, 1.82) is 0 Å². The topological polar surface area (TPSA) is 202 Å². The number of allylic oxidation sites excluding steroid dienone is 9. The maximum atomic E-state index is 14.7. The average molecular weight is 1860 g/mol. The molecule has 3 saturated heterocycles. The van der Waals surface area contributed by atoms with Gasteiger partial charge in [-0.25, -0.2) is 21.2 Å². The number of carbonyl (C=O) groups excluding carboxylic acids is 4. The Bertz CT molecular complexity index is 4360. The zero-order valence-electron chi connectivity index (χ0n) is 81.1. The molecule has 3 aliphatic heterocycles. The molecule has 726 valence electrons. The highest BCUT2D eigenvalue weighted by Gasteiger charge is 2.73. The highest BCUT2D eigenvalue weighted by molar-refractivity contribution is 7.93. The van der Waals surface area contributed by atoms with Crippen LogP contribution in [-0.2, 0) is 50.0 Å². The van der Waals surface area contributed by atoms with Crippen molar-refractivity contribution in [3.05, 3.63) is 107 Å². The van der Waals surface area contributed by atoms with E-state index in [0.717, 1.165) is 81.8 Å². The van der Waals surface area contributed by atoms with E-state index in [0.29, 0.717) is 121 Å². The molecule has 1 aromatic carbocycles. The van der Waals surface area contributed by atoms with Gasteiger partial charge in [-0.1, -0.05) is 177 Å². The number of nitrogens with two attached hydrogens (primary N) is 1. The molecule has 12 aliphatic carbocycles. The number of piperidine rings is 1. The highest BCUT2D eigenvalue weighted by Crippen LogP contribution is 2.79. The second-order valence-electron chi connectivity index (χ2n) is 46.6. The summed E-state index contributed by atoms with van der Waals surface area (Å²) >= 11 is 10.4. The molecular weight excluding hydrogens is 1680 g/mol. The summed E-state index contributed by atoms with van der Waals surface area (Å²) < 4.78 is 82.6. The minimum absolute atomic E-state index is 0. The second-order valence-corrected chi connectivity index (χ2v) is 52.9. The van der Waals surface area contributed by atoms with Crippen LogP contribution in [0.15, 0.2) is 101 Å². The molecule has 0 radical (unpaired) electrons. The summed E-state index contributed by atoms with van der Waals surface area (Å²) in [5.41, 5.74) is 18.1. The lowest BCUT2D eigenvalue weighted by molar-refractivity contribution is -0.221. The van der Waals surface area contributed by atoms with E-state index in [9.17, 15) is 30.4 Å². The zero-order chi connectivity index (χ0) is 92.6. The summed E-state index contributed by atoms with van der Waals surface area (Å²) in [4.78, 5) is 41.0. The molecule has 20 heteroatoms. The Morgan fingerprint density at radius 2 is 1.02 bits per heavy atom. The third kappa shape index (κ3) is 20.2. The van der Waals surface area contributed by atoms with Crippen molar-refractivity contribution in [2.24, 2.45) is 125 Å². The normalized spacial score (nSPS) is 42.5. The number of halogens is 4. The molecule has 0 amide bonds. The van der Waals surface area contributed by atoms with Crippen LogP contribution in [0.2, 0.25) is 0 Å². The number of alkyl halides is 4. The first-order chi connectivity index (χ1) is 59.2. The van der Waals surface area contributed by atoms with E-state index >= 15 is 0 Å². The van der Waals surface area contributed by atoms with Crippen molar-refractivity contribution in [2.75, 3.05) is 84.0 Å². The second kappa shape index (κ2) is 42.1. The van der Waals surface area contributed by atoms with Gasteiger partial charge < -0.3 is 25.9 Å². The maximum absolute atomic E-state index is 14.7. The van der Waals surface area contributed by atoms with Crippen molar-refractivity contribution in [3.8, 4) is 0 Å². The largest absolute Gasteiger partial charge is 0.458 e. The number of rotatable bonds is 17. The summed E-state index contributed by atoms with van der Waals surface area (Å²) in [6, 6.07) is 10.6. The first-order valence-electron chi connectivity index (χ1n) is 49.3. The number of nitrogens with one attached hydrogen (secondary N) is 2. The summed E-state index contributed by atoms with van der Waals surface area (Å²) in [7, 11) is -5.90. The molecule has 3 heterocycles. The lowest BCUT2D eigenvalue weighted by Crippen LogP contribution is -2.68. The molecule has 0 spiro atoms. The highest BCUT2D eigenvalue weighted by atomic mass is 35.5. The van der Waals surface area contributed by atoms with Gasteiger partial charge in [0.25, 0.3) is 6.47 Å². The summed E-state index contributed by atoms with van der Waals surface area (Å²) in [6.07, 6.45) is 40.3. The van der Waals surface area contributed by atoms with Crippen LogP contribution < -0.4 is 16.4 Å². The molecule has 0 bridgehead atoms. The van der Waals surface area contributed by atoms with Crippen LogP contribution in [0.3, 0.4) is 0 Å². The van der Waals surface area contributed by atoms with Crippen LogP contribution >= 0.6 is 23.2 Å². The molecule has 26 atom stereocenters. The third-order valence-corrected chi connectivity index (χ3v) is 44.4. The van der Waals surface area contributed by atoms with E-state index in [2.05, 4.69) is 185 Å². The number of hydrogen-bond acceptors (Lipinski definition) is 14. The Morgan fingerprint density at radius 1 is 0.562 bits per heavy atom. The van der Waals surface area contributed by atoms with Crippen LogP contribution in [0.5, 0.6) is 0 Å². The summed E-state index contributed by atoms with van der Waals surface area (Å²) in [5.74, 6) is 8.93. The van der Waals surface area contributed by atoms with Gasteiger partial charge in [-0.2, -0.15) is 9.59 Å². The van der Waals surface area contributed by atoms with Crippen molar-refractivity contribution < 1.29 is 49.5 Å². The van der Waals surface area contributed by atoms with Gasteiger partial charge in [0, 0.05) is 74.6 Å². The lowest BCUT2D eigenvalue weighted by Gasteiger charge is -2.72. The lowest BCUT2D eigenvalue weighted by atomic mass is 9.33. The first-order valence-corrected chi connectivity index (χ1v) is 53.5. The van der Waals surface area contributed by atoms with Gasteiger partial charge in [0.2, 0.25) is 0 Å². The van der Waals surface area contributed by atoms with E-state index in [1.54, 1.807) is 19.4 Å². The molecule has 6 unspecified atom stereocenters. The van der Waals surface area contributed by atoms with Gasteiger partial charge in [-0.15, -0.1) is 23.2 Å². The minimum atomic E-state index is -3.02. The van der Waals surface area contributed by atoms with Crippen LogP contribution in [0.25, 0.3) is 0 Å². The van der Waals surface area contributed by atoms with Crippen molar-refractivity contribution in [1.82, 2.24) is 20.4 Å². The number of carbonyl (C=O) groups is 2. The summed E-state index contributed by atoms with van der Waals surface area (Å²) in [5, 5.41) is 6.53. The van der Waals surface area contributed by atoms with Crippen LogP contribution in [0.4, 0.5) is 8.78 Å². The predicted molar refractivity (Wildman–Crippen MR) is 526 cm³/mol. The molecule has 4 N–H and O–H groups in total. The number of ether oxygens (including phenoxy) is 1. The third-order valence-electron chi connectivity index (χ3n) is 39.0. The average Bonchev–Trinajstić information content (AvgIpc) is 1.14. The van der Waals surface area contributed by atoms with Crippen LogP contribution in [0.1, 0.15) is 306 Å². The summed E-state index contributed by atoms with van der Waals surface area (Å²) in [6.45, 7) is 59.0. The Kier molecular flexibility index (Phi) is 35.5. The predicted octanol–water partition coefficient (Wildman–Crippen LogP) is 23.3. The zero-order valence-corrected chi connectivity index (χ0v) is 84.2. The van der Waals surface area contributed by atoms with Crippen molar-refractivity contribution in [2.45, 2.75) is 344 Å². The number of benzene rings is 1. The minimum Gasteiger partial charge on any atom is -0.458 e. The molecule has 0 aromatic heterocycles. The number of nitrogens with zero attached hydrogens (tertiary/aromatic N) is 2. The smallest absolute Gasteiger partial charge is 0.373 e. The fourth-order valence-corrected chi connectivity index (χ4v) is 35.7. The fraction of sp³-hybridized carbons (Fsp3) is 0.806. The van der Waals surface area contributed by atoms with E-state index < -0.39 is 32.0 Å². The Hall–Kier alpha value is -3.68. The van der Waals surface area contributed by atoms with Gasteiger partial charge in [0.15, 0.2) is 19.7 Å². The Balaban J connectivity index is 0.000000220.